The molecular formula is C16H22N8O2. The number of aromatic nitrogens is 4. The fourth-order valence-corrected chi connectivity index (χ4v) is 3.20. The van der Waals surface area contributed by atoms with E-state index < -0.39 is 4.92 Å². The Morgan fingerprint density at radius 2 is 2.00 bits per heavy atom. The molecule has 1 fully saturated rings. The number of nitrogens with two attached hydrogens (primary N) is 2. The second kappa shape index (κ2) is 8.00. The predicted octanol–water partition coefficient (Wildman–Crippen LogP) is 1.43. The number of hydrogen-bond donors (Lipinski definition) is 3. The Kier molecular flexibility index (Phi) is 5.52. The number of nitrogens with zero attached hydrogens (tertiary/aromatic N) is 5. The van der Waals surface area contributed by atoms with Gasteiger partial charge in [-0.3, -0.25) is 20.1 Å². The lowest BCUT2D eigenvalue weighted by Gasteiger charge is -2.25. The Hall–Kier alpha value is -2.88. The van der Waals surface area contributed by atoms with Crippen LogP contribution >= 0.6 is 0 Å². The van der Waals surface area contributed by atoms with Gasteiger partial charge in [-0.1, -0.05) is 0 Å². The molecule has 0 bridgehead atoms. The summed E-state index contributed by atoms with van der Waals surface area (Å²) >= 11 is 0. The van der Waals surface area contributed by atoms with Gasteiger partial charge < -0.3 is 16.8 Å². The molecule has 0 spiro atoms. The lowest BCUT2D eigenvalue weighted by Crippen LogP contribution is -2.27. The topological polar surface area (TPSA) is 159 Å². The lowest BCUT2D eigenvalue weighted by molar-refractivity contribution is -0.385. The molecule has 26 heavy (non-hydrogen) atoms. The van der Waals surface area contributed by atoms with Gasteiger partial charge in [-0.15, -0.1) is 0 Å². The molecule has 3 rings (SSSR count). The maximum atomic E-state index is 11.4. The zero-order valence-electron chi connectivity index (χ0n) is 14.3. The maximum absolute atomic E-state index is 11.4. The fraction of sp³-hybridized carbons (Fsp3) is 0.500. The minimum atomic E-state index is -0.508. The number of nitro groups is 1. The fourth-order valence-electron chi connectivity index (χ4n) is 3.20. The van der Waals surface area contributed by atoms with E-state index in [0.717, 1.165) is 25.7 Å². The number of rotatable bonds is 6. The highest BCUT2D eigenvalue weighted by atomic mass is 16.6. The molecule has 0 atom stereocenters. The highest BCUT2D eigenvalue weighted by Gasteiger charge is 2.27. The van der Waals surface area contributed by atoms with Gasteiger partial charge in [-0.2, -0.15) is 4.98 Å². The van der Waals surface area contributed by atoms with E-state index in [1.165, 1.54) is 0 Å². The van der Waals surface area contributed by atoms with E-state index in [2.05, 4.69) is 25.3 Å². The van der Waals surface area contributed by atoms with Crippen molar-refractivity contribution in [2.45, 2.75) is 44.7 Å². The van der Waals surface area contributed by atoms with Gasteiger partial charge in [0.2, 0.25) is 11.8 Å². The first-order chi connectivity index (χ1) is 12.5. The molecule has 2 aromatic heterocycles. The highest BCUT2D eigenvalue weighted by molar-refractivity contribution is 5.58. The van der Waals surface area contributed by atoms with Crippen molar-refractivity contribution in [2.24, 2.45) is 11.7 Å². The van der Waals surface area contributed by atoms with Gasteiger partial charge in [-0.25, -0.2) is 4.98 Å². The van der Waals surface area contributed by atoms with Crippen LogP contribution in [0.5, 0.6) is 0 Å². The third-order valence-electron chi connectivity index (χ3n) is 4.58. The Morgan fingerprint density at radius 3 is 2.65 bits per heavy atom. The molecule has 0 saturated heterocycles. The molecule has 0 aliphatic heterocycles. The van der Waals surface area contributed by atoms with Gasteiger partial charge in [0.05, 0.1) is 23.4 Å². The number of anilines is 2. The van der Waals surface area contributed by atoms with Crippen LogP contribution in [0.15, 0.2) is 18.6 Å². The van der Waals surface area contributed by atoms with Gasteiger partial charge in [0.25, 0.3) is 0 Å². The number of hydrogen-bond acceptors (Lipinski definition) is 9. The third-order valence-corrected chi connectivity index (χ3v) is 4.58. The van der Waals surface area contributed by atoms with Crippen molar-refractivity contribution in [3.8, 4) is 0 Å². The van der Waals surface area contributed by atoms with Gasteiger partial charge >= 0.3 is 5.69 Å². The minimum Gasteiger partial charge on any atom is -0.378 e. The van der Waals surface area contributed by atoms with Gasteiger partial charge in [0.1, 0.15) is 5.69 Å². The van der Waals surface area contributed by atoms with E-state index in [0.29, 0.717) is 30.3 Å². The molecule has 1 aliphatic carbocycles. The predicted molar refractivity (Wildman–Crippen MR) is 96.1 cm³/mol. The second-order valence-electron chi connectivity index (χ2n) is 6.52. The standard InChI is InChI=1S/C16H22N8O2/c17-11-3-1-10(2-4-11)7-13-14(24(25)26)15(18)23-16(22-13)21-9-12-8-19-5-6-20-12/h5-6,8,10-11H,1-4,7,9,17H2,(H3,18,21,22,23). The lowest BCUT2D eigenvalue weighted by atomic mass is 9.83. The first-order valence-electron chi connectivity index (χ1n) is 8.58. The summed E-state index contributed by atoms with van der Waals surface area (Å²) in [5.41, 5.74) is 12.6. The van der Waals surface area contributed by atoms with E-state index in [-0.39, 0.29) is 23.5 Å². The van der Waals surface area contributed by atoms with Crippen molar-refractivity contribution < 1.29 is 4.92 Å². The molecule has 0 radical (unpaired) electrons. The zero-order chi connectivity index (χ0) is 18.5. The van der Waals surface area contributed by atoms with Crippen LogP contribution in [-0.2, 0) is 13.0 Å². The third kappa shape index (κ3) is 4.39. The van der Waals surface area contributed by atoms with Crippen LogP contribution in [-0.4, -0.2) is 30.9 Å². The Morgan fingerprint density at radius 1 is 1.23 bits per heavy atom. The van der Waals surface area contributed by atoms with Crippen molar-refractivity contribution >= 4 is 17.5 Å². The average molecular weight is 358 g/mol. The quantitative estimate of drug-likeness (QED) is 0.512. The molecular weight excluding hydrogens is 336 g/mol. The molecule has 0 unspecified atom stereocenters. The first-order valence-corrected chi connectivity index (χ1v) is 8.58. The van der Waals surface area contributed by atoms with Crippen molar-refractivity contribution in [1.29, 1.82) is 0 Å². The molecule has 2 heterocycles. The summed E-state index contributed by atoms with van der Waals surface area (Å²) < 4.78 is 0. The monoisotopic (exact) mass is 358 g/mol. The smallest absolute Gasteiger partial charge is 0.332 e. The molecule has 0 aromatic carbocycles. The van der Waals surface area contributed by atoms with E-state index in [4.69, 9.17) is 11.5 Å². The SMILES string of the molecule is Nc1nc(NCc2cnccn2)nc(CC2CCC(N)CC2)c1[N+](=O)[O-]. The summed E-state index contributed by atoms with van der Waals surface area (Å²) in [7, 11) is 0. The van der Waals surface area contributed by atoms with Gasteiger partial charge in [0.15, 0.2) is 0 Å². The summed E-state index contributed by atoms with van der Waals surface area (Å²) in [6.45, 7) is 0.350. The van der Waals surface area contributed by atoms with E-state index in [1.54, 1.807) is 18.6 Å². The zero-order valence-corrected chi connectivity index (χ0v) is 14.3. The van der Waals surface area contributed by atoms with Crippen LogP contribution < -0.4 is 16.8 Å². The normalized spacial score (nSPS) is 19.9. The molecule has 5 N–H and O–H groups in total. The number of nitrogens with one attached hydrogen (secondary N) is 1. The minimum absolute atomic E-state index is 0.130. The van der Waals surface area contributed by atoms with E-state index >= 15 is 0 Å². The second-order valence-corrected chi connectivity index (χ2v) is 6.52. The largest absolute Gasteiger partial charge is 0.378 e. The van der Waals surface area contributed by atoms with Crippen LogP contribution in [0.2, 0.25) is 0 Å². The number of nitrogen functional groups attached to an aromatic ring is 1. The molecule has 2 aromatic rings. The molecule has 10 nitrogen and oxygen atoms in total. The average Bonchev–Trinajstić information content (AvgIpc) is 2.62. The van der Waals surface area contributed by atoms with Crippen molar-refractivity contribution in [1.82, 2.24) is 19.9 Å². The molecule has 1 saturated carbocycles. The summed E-state index contributed by atoms with van der Waals surface area (Å²) in [5, 5.41) is 14.4. The molecule has 1 aliphatic rings. The van der Waals surface area contributed by atoms with Crippen LogP contribution in [0.4, 0.5) is 17.5 Å². The molecule has 138 valence electrons. The van der Waals surface area contributed by atoms with Gasteiger partial charge in [-0.05, 0) is 38.0 Å². The van der Waals surface area contributed by atoms with Crippen LogP contribution in [0.3, 0.4) is 0 Å². The van der Waals surface area contributed by atoms with Crippen molar-refractivity contribution in [3.05, 3.63) is 40.1 Å². The maximum Gasteiger partial charge on any atom is 0.332 e. The summed E-state index contributed by atoms with van der Waals surface area (Å²) in [5.74, 6) is 0.436. The van der Waals surface area contributed by atoms with Gasteiger partial charge in [0, 0.05) is 18.4 Å². The van der Waals surface area contributed by atoms with Crippen LogP contribution in [0, 0.1) is 16.0 Å². The van der Waals surface area contributed by atoms with Crippen LogP contribution in [0.25, 0.3) is 0 Å². The Labute approximate surface area is 150 Å². The summed E-state index contributed by atoms with van der Waals surface area (Å²) in [6.07, 6.45) is 9.01. The van der Waals surface area contributed by atoms with Crippen molar-refractivity contribution in [2.75, 3.05) is 11.1 Å². The highest BCUT2D eigenvalue weighted by Crippen LogP contribution is 2.31. The Balaban J connectivity index is 1.78. The first kappa shape index (κ1) is 17.9. The van der Waals surface area contributed by atoms with E-state index in [1.807, 2.05) is 0 Å². The van der Waals surface area contributed by atoms with E-state index in [9.17, 15) is 10.1 Å². The van der Waals surface area contributed by atoms with Crippen LogP contribution in [0.1, 0.15) is 37.1 Å². The summed E-state index contributed by atoms with van der Waals surface area (Å²) in [4.78, 5) is 27.4. The van der Waals surface area contributed by atoms with Crippen molar-refractivity contribution in [3.63, 3.8) is 0 Å². The molecule has 0 amide bonds. The molecule has 10 heteroatoms. The summed E-state index contributed by atoms with van der Waals surface area (Å²) in [6, 6.07) is 0.223. The Bertz CT molecular complexity index is 762.